The van der Waals surface area contributed by atoms with Crippen LogP contribution < -0.4 is 5.73 Å². The van der Waals surface area contributed by atoms with Crippen LogP contribution in [-0.2, 0) is 11.2 Å². The molecule has 0 heterocycles. The molecule has 12 heavy (non-hydrogen) atoms. The van der Waals surface area contributed by atoms with Crippen LogP contribution in [0, 0.1) is 0 Å². The fourth-order valence-corrected chi connectivity index (χ4v) is 0.930. The molecule has 0 aliphatic heterocycles. The van der Waals surface area contributed by atoms with Crippen LogP contribution in [0.25, 0.3) is 0 Å². The van der Waals surface area contributed by atoms with E-state index >= 15 is 0 Å². The Labute approximate surface area is 79.1 Å². The van der Waals surface area contributed by atoms with E-state index in [0.29, 0.717) is 0 Å². The molecule has 0 saturated carbocycles. The minimum Gasteiger partial charge on any atom is -0.366 e. The van der Waals surface area contributed by atoms with Crippen molar-refractivity contribution in [2.75, 3.05) is 7.11 Å². The van der Waals surface area contributed by atoms with Crippen LogP contribution in [0.5, 0.6) is 0 Å². The minimum absolute atomic E-state index is 0. The fraction of sp³-hybridized carbons (Fsp3) is 0.333. The zero-order valence-corrected chi connectivity index (χ0v) is 7.88. The molecule has 1 unspecified atom stereocenters. The molecule has 0 aliphatic rings. The monoisotopic (exact) mass is 187 g/mol. The number of ether oxygens (including phenoxy) is 1. The zero-order chi connectivity index (χ0) is 8.10. The molecule has 2 nitrogen and oxygen atoms in total. The molecule has 1 atom stereocenters. The average molecular weight is 188 g/mol. The number of hydrogen-bond donors (Lipinski definition) is 1. The second-order valence-corrected chi connectivity index (χ2v) is 2.46. The first-order chi connectivity index (χ1) is 5.33. The number of nitrogens with two attached hydrogens (primary N) is 1. The Morgan fingerprint density at radius 3 is 2.42 bits per heavy atom. The van der Waals surface area contributed by atoms with Gasteiger partial charge in [0.05, 0.1) is 0 Å². The van der Waals surface area contributed by atoms with Crippen LogP contribution in [-0.4, -0.2) is 13.3 Å². The predicted molar refractivity (Wildman–Crippen MR) is 52.4 cm³/mol. The number of halogens is 1. The Morgan fingerprint density at radius 2 is 1.92 bits per heavy atom. The summed E-state index contributed by atoms with van der Waals surface area (Å²) in [7, 11) is 1.62. The van der Waals surface area contributed by atoms with E-state index in [-0.39, 0.29) is 18.6 Å². The molecular weight excluding hydrogens is 174 g/mol. The van der Waals surface area contributed by atoms with Crippen molar-refractivity contribution >= 4 is 12.4 Å². The standard InChI is InChI=1S/C9H13NO.ClH/c1-11-9(10)7-8-5-3-2-4-6-8;/h2-6,9H,7,10H2,1H3;1H. The summed E-state index contributed by atoms with van der Waals surface area (Å²) in [5.41, 5.74) is 6.79. The van der Waals surface area contributed by atoms with Gasteiger partial charge in [-0.25, -0.2) is 0 Å². The van der Waals surface area contributed by atoms with Gasteiger partial charge >= 0.3 is 0 Å². The van der Waals surface area contributed by atoms with Crippen LogP contribution in [0.4, 0.5) is 0 Å². The van der Waals surface area contributed by atoms with Crippen molar-refractivity contribution in [2.45, 2.75) is 12.6 Å². The molecule has 0 fully saturated rings. The molecule has 0 bridgehead atoms. The number of rotatable bonds is 3. The second kappa shape index (κ2) is 6.00. The van der Waals surface area contributed by atoms with E-state index in [9.17, 15) is 0 Å². The van der Waals surface area contributed by atoms with Gasteiger partial charge in [0.25, 0.3) is 0 Å². The topological polar surface area (TPSA) is 35.2 Å². The third-order valence-electron chi connectivity index (χ3n) is 1.58. The number of benzene rings is 1. The first-order valence-corrected chi connectivity index (χ1v) is 3.65. The van der Waals surface area contributed by atoms with Gasteiger partial charge in [0.15, 0.2) is 0 Å². The van der Waals surface area contributed by atoms with E-state index in [0.717, 1.165) is 6.42 Å². The van der Waals surface area contributed by atoms with Crippen LogP contribution in [0.3, 0.4) is 0 Å². The summed E-state index contributed by atoms with van der Waals surface area (Å²) >= 11 is 0. The maximum atomic E-state index is 5.58. The molecule has 0 radical (unpaired) electrons. The van der Waals surface area contributed by atoms with E-state index < -0.39 is 0 Å². The fourth-order valence-electron chi connectivity index (χ4n) is 0.930. The van der Waals surface area contributed by atoms with Gasteiger partial charge in [-0.2, -0.15) is 0 Å². The molecule has 0 aromatic heterocycles. The van der Waals surface area contributed by atoms with E-state index in [1.807, 2.05) is 30.3 Å². The quantitative estimate of drug-likeness (QED) is 0.730. The third kappa shape index (κ3) is 3.72. The van der Waals surface area contributed by atoms with Gasteiger partial charge in [0.1, 0.15) is 6.23 Å². The van der Waals surface area contributed by atoms with Crippen molar-refractivity contribution in [3.8, 4) is 0 Å². The molecule has 0 saturated heterocycles. The summed E-state index contributed by atoms with van der Waals surface area (Å²) < 4.78 is 4.93. The first-order valence-electron chi connectivity index (χ1n) is 3.65. The van der Waals surface area contributed by atoms with Crippen molar-refractivity contribution in [1.29, 1.82) is 0 Å². The third-order valence-corrected chi connectivity index (χ3v) is 1.58. The molecule has 1 rings (SSSR count). The van der Waals surface area contributed by atoms with Crippen molar-refractivity contribution in [2.24, 2.45) is 5.73 Å². The largest absolute Gasteiger partial charge is 0.366 e. The summed E-state index contributed by atoms with van der Waals surface area (Å²) in [4.78, 5) is 0. The first kappa shape index (κ1) is 11.4. The molecule has 0 aliphatic carbocycles. The SMILES string of the molecule is COC(N)Cc1ccccc1.Cl. The van der Waals surface area contributed by atoms with Crippen LogP contribution in [0.15, 0.2) is 30.3 Å². The van der Waals surface area contributed by atoms with Gasteiger partial charge < -0.3 is 10.5 Å². The molecule has 68 valence electrons. The van der Waals surface area contributed by atoms with Crippen molar-refractivity contribution in [3.05, 3.63) is 35.9 Å². The molecule has 1 aromatic rings. The summed E-state index contributed by atoms with van der Waals surface area (Å²) in [5, 5.41) is 0. The Hall–Kier alpha value is -0.570. The van der Waals surface area contributed by atoms with Crippen molar-refractivity contribution < 1.29 is 4.74 Å². The highest BCUT2D eigenvalue weighted by Crippen LogP contribution is 2.01. The van der Waals surface area contributed by atoms with E-state index in [2.05, 4.69) is 0 Å². The Morgan fingerprint density at radius 1 is 1.33 bits per heavy atom. The molecular formula is C9H14ClNO. The normalized spacial score (nSPS) is 11.8. The lowest BCUT2D eigenvalue weighted by Crippen LogP contribution is -2.24. The van der Waals surface area contributed by atoms with Gasteiger partial charge in [-0.15, -0.1) is 12.4 Å². The smallest absolute Gasteiger partial charge is 0.109 e. The van der Waals surface area contributed by atoms with Gasteiger partial charge in [0.2, 0.25) is 0 Å². The molecule has 0 spiro atoms. The van der Waals surface area contributed by atoms with Gasteiger partial charge in [0, 0.05) is 13.5 Å². The molecule has 0 amide bonds. The highest BCUT2D eigenvalue weighted by atomic mass is 35.5. The highest BCUT2D eigenvalue weighted by molar-refractivity contribution is 5.85. The summed E-state index contributed by atoms with van der Waals surface area (Å²) in [5.74, 6) is 0. The number of hydrogen-bond acceptors (Lipinski definition) is 2. The maximum absolute atomic E-state index is 5.58. The highest BCUT2D eigenvalue weighted by Gasteiger charge is 1.99. The Balaban J connectivity index is 0.00000121. The molecule has 2 N–H and O–H groups in total. The van der Waals surface area contributed by atoms with Gasteiger partial charge in [-0.3, -0.25) is 0 Å². The van der Waals surface area contributed by atoms with Crippen LogP contribution in [0.2, 0.25) is 0 Å². The lowest BCUT2D eigenvalue weighted by Gasteiger charge is -2.08. The molecule has 3 heteroatoms. The van der Waals surface area contributed by atoms with Crippen LogP contribution in [0.1, 0.15) is 5.56 Å². The van der Waals surface area contributed by atoms with E-state index in [4.69, 9.17) is 10.5 Å². The second-order valence-electron chi connectivity index (χ2n) is 2.46. The number of methoxy groups -OCH3 is 1. The Kier molecular flexibility index (Phi) is 5.72. The molecule has 1 aromatic carbocycles. The van der Waals surface area contributed by atoms with Crippen LogP contribution >= 0.6 is 12.4 Å². The zero-order valence-electron chi connectivity index (χ0n) is 7.07. The lowest BCUT2D eigenvalue weighted by molar-refractivity contribution is 0.109. The van der Waals surface area contributed by atoms with Crippen molar-refractivity contribution in [3.63, 3.8) is 0 Å². The predicted octanol–water partition coefficient (Wildman–Crippen LogP) is 1.58. The minimum atomic E-state index is -0.183. The summed E-state index contributed by atoms with van der Waals surface area (Å²) in [6.07, 6.45) is 0.592. The average Bonchev–Trinajstić information content (AvgIpc) is 2.06. The van der Waals surface area contributed by atoms with Crippen molar-refractivity contribution in [1.82, 2.24) is 0 Å². The summed E-state index contributed by atoms with van der Waals surface area (Å²) in [6.45, 7) is 0. The van der Waals surface area contributed by atoms with Gasteiger partial charge in [-0.1, -0.05) is 30.3 Å². The Bertz CT molecular complexity index is 203. The van der Waals surface area contributed by atoms with Gasteiger partial charge in [-0.05, 0) is 5.56 Å². The maximum Gasteiger partial charge on any atom is 0.109 e. The van der Waals surface area contributed by atoms with E-state index in [1.54, 1.807) is 7.11 Å². The lowest BCUT2D eigenvalue weighted by atomic mass is 10.1. The van der Waals surface area contributed by atoms with E-state index in [1.165, 1.54) is 5.56 Å². The summed E-state index contributed by atoms with van der Waals surface area (Å²) in [6, 6.07) is 10.1.